The quantitative estimate of drug-likeness (QED) is 0.672. The average molecular weight is 394 g/mol. The molecule has 0 amide bonds. The number of benzene rings is 1. The summed E-state index contributed by atoms with van der Waals surface area (Å²) in [4.78, 5) is 11.0. The van der Waals surface area contributed by atoms with Gasteiger partial charge in [0.25, 0.3) is 0 Å². The van der Waals surface area contributed by atoms with Crippen LogP contribution in [0.25, 0.3) is 16.6 Å². The molecular formula is C22H27FN6. The molecule has 3 N–H and O–H groups in total. The highest BCUT2D eigenvalue weighted by atomic mass is 19.1. The third kappa shape index (κ3) is 4.10. The first-order valence-corrected chi connectivity index (χ1v) is 9.98. The summed E-state index contributed by atoms with van der Waals surface area (Å²) in [6, 6.07) is 5.27. The van der Waals surface area contributed by atoms with Crippen molar-refractivity contribution in [2.24, 2.45) is 18.7 Å². The Balaban J connectivity index is 1.28. The molecule has 0 spiro atoms. The Hall–Kier alpha value is -2.93. The molecule has 2 aromatic heterocycles. The van der Waals surface area contributed by atoms with Crippen molar-refractivity contribution in [2.45, 2.75) is 19.4 Å². The van der Waals surface area contributed by atoms with Gasteiger partial charge in [0.2, 0.25) is 5.95 Å². The fraction of sp³-hybridized carbons (Fsp3) is 0.364. The predicted octanol–water partition coefficient (Wildman–Crippen LogP) is 3.04. The number of piperidine rings is 1. The van der Waals surface area contributed by atoms with E-state index < -0.39 is 0 Å². The Morgan fingerprint density at radius 1 is 1.28 bits per heavy atom. The van der Waals surface area contributed by atoms with E-state index in [2.05, 4.69) is 26.8 Å². The minimum absolute atomic E-state index is 0.172. The van der Waals surface area contributed by atoms with E-state index >= 15 is 0 Å². The summed E-state index contributed by atoms with van der Waals surface area (Å²) < 4.78 is 15.9. The molecule has 0 unspecified atom stereocenters. The smallest absolute Gasteiger partial charge is 0.225 e. The largest absolute Gasteiger partial charge is 0.399 e. The number of nitrogens with one attached hydrogen (secondary N) is 1. The van der Waals surface area contributed by atoms with Crippen LogP contribution in [0.1, 0.15) is 24.0 Å². The zero-order valence-corrected chi connectivity index (χ0v) is 16.7. The van der Waals surface area contributed by atoms with Gasteiger partial charge in [-0.05, 0) is 36.9 Å². The lowest BCUT2D eigenvalue weighted by Gasteiger charge is -2.32. The third-order valence-electron chi connectivity index (χ3n) is 5.69. The third-order valence-corrected chi connectivity index (χ3v) is 5.69. The van der Waals surface area contributed by atoms with Crippen molar-refractivity contribution in [3.8, 4) is 0 Å². The number of para-hydroxylation sites is 1. The lowest BCUT2D eigenvalue weighted by molar-refractivity contribution is 0.380. The van der Waals surface area contributed by atoms with Gasteiger partial charge < -0.3 is 20.5 Å². The van der Waals surface area contributed by atoms with E-state index in [0.29, 0.717) is 17.1 Å². The number of fused-ring (bicyclic) bond motifs is 1. The second-order valence-corrected chi connectivity index (χ2v) is 7.76. The molecule has 1 aromatic carbocycles. The summed E-state index contributed by atoms with van der Waals surface area (Å²) in [7, 11) is 1.89. The van der Waals surface area contributed by atoms with Crippen molar-refractivity contribution >= 4 is 22.5 Å². The number of hydrogen-bond acceptors (Lipinski definition) is 5. The van der Waals surface area contributed by atoms with E-state index in [0.717, 1.165) is 61.5 Å². The second kappa shape index (κ2) is 8.21. The van der Waals surface area contributed by atoms with Crippen molar-refractivity contribution in [3.63, 3.8) is 0 Å². The monoisotopic (exact) mass is 394 g/mol. The summed E-state index contributed by atoms with van der Waals surface area (Å²) >= 11 is 0. The maximum atomic E-state index is 14.0. The normalized spacial score (nSPS) is 15.2. The maximum Gasteiger partial charge on any atom is 0.225 e. The number of halogens is 1. The van der Waals surface area contributed by atoms with E-state index in [1.165, 1.54) is 6.07 Å². The van der Waals surface area contributed by atoms with Gasteiger partial charge >= 0.3 is 0 Å². The Kier molecular flexibility index (Phi) is 5.49. The number of nitrogens with zero attached hydrogens (tertiary/aromatic N) is 4. The number of rotatable bonds is 6. The minimum Gasteiger partial charge on any atom is -0.399 e. The highest BCUT2D eigenvalue weighted by Crippen LogP contribution is 2.24. The second-order valence-electron chi connectivity index (χ2n) is 7.76. The van der Waals surface area contributed by atoms with Crippen LogP contribution in [0.2, 0.25) is 0 Å². The molecule has 0 atom stereocenters. The summed E-state index contributed by atoms with van der Waals surface area (Å²) in [6.07, 6.45) is 7.65. The number of aromatic nitrogens is 3. The summed E-state index contributed by atoms with van der Waals surface area (Å²) in [5, 5.41) is 4.54. The van der Waals surface area contributed by atoms with Gasteiger partial charge in [-0.1, -0.05) is 18.7 Å². The van der Waals surface area contributed by atoms with Crippen molar-refractivity contribution < 1.29 is 4.39 Å². The van der Waals surface area contributed by atoms with Crippen LogP contribution in [-0.2, 0) is 13.6 Å². The lowest BCUT2D eigenvalue weighted by atomic mass is 9.97. The number of aryl methyl sites for hydroxylation is 1. The van der Waals surface area contributed by atoms with Crippen molar-refractivity contribution in [2.75, 3.05) is 24.5 Å². The molecule has 3 aromatic rings. The molecule has 152 valence electrons. The molecule has 29 heavy (non-hydrogen) atoms. The van der Waals surface area contributed by atoms with E-state index in [-0.39, 0.29) is 5.82 Å². The van der Waals surface area contributed by atoms with E-state index in [9.17, 15) is 4.39 Å². The Morgan fingerprint density at radius 3 is 2.69 bits per heavy atom. The Labute approximate surface area is 170 Å². The minimum atomic E-state index is -0.172. The molecule has 1 aliphatic heterocycles. The van der Waals surface area contributed by atoms with Crippen LogP contribution in [0.3, 0.4) is 0 Å². The fourth-order valence-corrected chi connectivity index (χ4v) is 4.04. The molecule has 0 radical (unpaired) electrons. The molecule has 4 rings (SSSR count). The summed E-state index contributed by atoms with van der Waals surface area (Å²) in [6.45, 7) is 7.28. The first-order valence-electron chi connectivity index (χ1n) is 9.98. The van der Waals surface area contributed by atoms with Crippen molar-refractivity contribution in [3.05, 3.63) is 60.3 Å². The highest BCUT2D eigenvalue weighted by molar-refractivity contribution is 5.84. The molecular weight excluding hydrogens is 367 g/mol. The van der Waals surface area contributed by atoms with E-state index in [1.807, 2.05) is 23.9 Å². The van der Waals surface area contributed by atoms with Crippen LogP contribution in [0.15, 0.2) is 43.4 Å². The average Bonchev–Trinajstić information content (AvgIpc) is 3.05. The van der Waals surface area contributed by atoms with E-state index in [1.54, 1.807) is 18.5 Å². The van der Waals surface area contributed by atoms with Gasteiger partial charge in [0, 0.05) is 61.9 Å². The van der Waals surface area contributed by atoms with Crippen LogP contribution in [0.5, 0.6) is 0 Å². The number of anilines is 1. The molecule has 1 aliphatic rings. The van der Waals surface area contributed by atoms with Crippen LogP contribution in [-0.4, -0.2) is 34.2 Å². The molecule has 1 saturated heterocycles. The topological polar surface area (TPSA) is 72.0 Å². The van der Waals surface area contributed by atoms with Gasteiger partial charge in [-0.3, -0.25) is 0 Å². The molecule has 0 aliphatic carbocycles. The van der Waals surface area contributed by atoms with Gasteiger partial charge in [0.05, 0.1) is 5.52 Å². The molecule has 6 nitrogen and oxygen atoms in total. The van der Waals surface area contributed by atoms with Crippen molar-refractivity contribution in [1.29, 1.82) is 0 Å². The molecule has 0 saturated carbocycles. The van der Waals surface area contributed by atoms with Gasteiger partial charge in [-0.25, -0.2) is 14.4 Å². The summed E-state index contributed by atoms with van der Waals surface area (Å²) in [5.41, 5.74) is 8.72. The lowest BCUT2D eigenvalue weighted by Crippen LogP contribution is -2.38. The maximum absolute atomic E-state index is 14.0. The Morgan fingerprint density at radius 2 is 2.00 bits per heavy atom. The molecule has 7 heteroatoms. The van der Waals surface area contributed by atoms with Crippen LogP contribution >= 0.6 is 0 Å². The Bertz CT molecular complexity index is 1000. The van der Waals surface area contributed by atoms with Gasteiger partial charge in [-0.15, -0.1) is 0 Å². The molecule has 0 bridgehead atoms. The van der Waals surface area contributed by atoms with Gasteiger partial charge in [0.1, 0.15) is 5.82 Å². The van der Waals surface area contributed by atoms with Crippen LogP contribution < -0.4 is 16.0 Å². The van der Waals surface area contributed by atoms with Crippen LogP contribution in [0, 0.1) is 11.7 Å². The number of hydrogen-bond donors (Lipinski definition) is 2. The zero-order chi connectivity index (χ0) is 20.4. The SMILES string of the molecule is C=C(N)c1cnc(N2CCC(CNCc3cn(C)c4c(F)cccc34)CC2)nc1. The van der Waals surface area contributed by atoms with Crippen molar-refractivity contribution in [1.82, 2.24) is 19.9 Å². The first kappa shape index (κ1) is 19.4. The fourth-order valence-electron chi connectivity index (χ4n) is 4.04. The summed E-state index contributed by atoms with van der Waals surface area (Å²) in [5.74, 6) is 1.19. The molecule has 1 fully saturated rings. The molecule has 3 heterocycles. The van der Waals surface area contributed by atoms with E-state index in [4.69, 9.17) is 5.73 Å². The highest BCUT2D eigenvalue weighted by Gasteiger charge is 2.21. The number of nitrogens with two attached hydrogens (primary N) is 1. The zero-order valence-electron chi connectivity index (χ0n) is 16.7. The first-order chi connectivity index (χ1) is 14.0. The van der Waals surface area contributed by atoms with Gasteiger partial charge in [-0.2, -0.15) is 0 Å². The van der Waals surface area contributed by atoms with Crippen LogP contribution in [0.4, 0.5) is 10.3 Å². The predicted molar refractivity (Wildman–Crippen MR) is 115 cm³/mol. The standard InChI is InChI=1S/C22H27FN6/c1-15(24)17-12-26-22(27-13-17)29-8-6-16(7-9-29)10-25-11-18-14-28(2)21-19(18)4-3-5-20(21)23/h3-5,12-14,16,25H,1,6-11,24H2,2H3. The van der Waals surface area contributed by atoms with Gasteiger partial charge in [0.15, 0.2) is 0 Å².